The van der Waals surface area contributed by atoms with Crippen LogP contribution in [0.15, 0.2) is 119 Å². The summed E-state index contributed by atoms with van der Waals surface area (Å²) in [5, 5.41) is 4.09. The molecule has 0 radical (unpaired) electrons. The van der Waals surface area contributed by atoms with Gasteiger partial charge in [0.15, 0.2) is 0 Å². The second-order valence-corrected chi connectivity index (χ2v) is 10.4. The van der Waals surface area contributed by atoms with Crippen LogP contribution in [0.1, 0.15) is 34.0 Å². The molecule has 0 aliphatic rings. The van der Waals surface area contributed by atoms with Crippen LogP contribution in [0.3, 0.4) is 0 Å². The van der Waals surface area contributed by atoms with Gasteiger partial charge in [-0.05, 0) is 60.0 Å². The Labute approximate surface area is 216 Å². The predicted octanol–water partition coefficient (Wildman–Crippen LogP) is 5.37. The van der Waals surface area contributed by atoms with Crippen molar-refractivity contribution in [1.29, 1.82) is 0 Å². The molecule has 0 aromatic heterocycles. The maximum atomic E-state index is 13.4. The first kappa shape index (κ1) is 25.9. The van der Waals surface area contributed by atoms with Crippen molar-refractivity contribution in [3.8, 4) is 0 Å². The lowest BCUT2D eigenvalue weighted by Gasteiger charge is -2.22. The van der Waals surface area contributed by atoms with Gasteiger partial charge in [-0.3, -0.25) is 4.79 Å². The molecule has 4 aromatic carbocycles. The van der Waals surface area contributed by atoms with Crippen LogP contribution in [0.2, 0.25) is 0 Å². The first-order valence-corrected chi connectivity index (χ1v) is 13.1. The third-order valence-electron chi connectivity index (χ3n) is 5.74. The Balaban J connectivity index is 1.49. The third kappa shape index (κ3) is 6.75. The van der Waals surface area contributed by atoms with E-state index >= 15 is 0 Å². The third-order valence-corrected chi connectivity index (χ3v) is 7.55. The molecular formula is C29H26FN3O3S. The summed E-state index contributed by atoms with van der Waals surface area (Å²) in [4.78, 5) is 12.8. The number of benzene rings is 4. The predicted molar refractivity (Wildman–Crippen MR) is 142 cm³/mol. The minimum Gasteiger partial charge on any atom is -0.267 e. The summed E-state index contributed by atoms with van der Waals surface area (Å²) in [6.07, 6.45) is 0. The summed E-state index contributed by atoms with van der Waals surface area (Å²) in [6.45, 7) is 2.05. The zero-order chi connectivity index (χ0) is 26.3. The molecule has 0 aliphatic carbocycles. The Hall–Kier alpha value is -4.14. The summed E-state index contributed by atoms with van der Waals surface area (Å²) >= 11 is 0. The van der Waals surface area contributed by atoms with Gasteiger partial charge in [-0.2, -0.15) is 9.41 Å². The van der Waals surface area contributed by atoms with Crippen LogP contribution in [0.4, 0.5) is 4.39 Å². The van der Waals surface area contributed by atoms with Crippen LogP contribution in [-0.4, -0.2) is 24.3 Å². The molecule has 0 bridgehead atoms. The van der Waals surface area contributed by atoms with Gasteiger partial charge in [0.1, 0.15) is 5.82 Å². The van der Waals surface area contributed by atoms with Gasteiger partial charge in [-0.15, -0.1) is 0 Å². The summed E-state index contributed by atoms with van der Waals surface area (Å²) in [5.41, 5.74) is 5.70. The van der Waals surface area contributed by atoms with E-state index in [1.165, 1.54) is 16.4 Å². The van der Waals surface area contributed by atoms with E-state index in [0.717, 1.165) is 11.1 Å². The van der Waals surface area contributed by atoms with Crippen molar-refractivity contribution in [2.45, 2.75) is 24.9 Å². The lowest BCUT2D eigenvalue weighted by atomic mass is 10.1. The van der Waals surface area contributed by atoms with Crippen molar-refractivity contribution in [2.24, 2.45) is 5.10 Å². The molecule has 1 amide bonds. The molecule has 1 N–H and O–H groups in total. The Kier molecular flexibility index (Phi) is 8.22. The lowest BCUT2D eigenvalue weighted by Crippen LogP contribution is -2.30. The summed E-state index contributed by atoms with van der Waals surface area (Å²) in [7, 11) is -3.76. The highest BCUT2D eigenvalue weighted by molar-refractivity contribution is 7.89. The minimum absolute atomic E-state index is 0.135. The number of nitrogens with one attached hydrogen (secondary N) is 1. The molecule has 4 aromatic rings. The minimum atomic E-state index is -3.76. The highest BCUT2D eigenvalue weighted by Gasteiger charge is 2.25. The van der Waals surface area contributed by atoms with Gasteiger partial charge in [0.05, 0.1) is 10.6 Å². The molecule has 0 aliphatic heterocycles. The fourth-order valence-corrected chi connectivity index (χ4v) is 5.11. The smallest absolute Gasteiger partial charge is 0.267 e. The monoisotopic (exact) mass is 515 g/mol. The SMILES string of the molecule is C/C(=N/NC(=O)c1ccc(CN(Cc2ccccc2)S(=O)(=O)c2ccccc2)cc1)c1ccc(F)cc1. The molecule has 0 saturated carbocycles. The van der Waals surface area contributed by atoms with Crippen molar-refractivity contribution in [3.05, 3.63) is 137 Å². The summed E-state index contributed by atoms with van der Waals surface area (Å²) < 4.78 is 41.4. The van der Waals surface area contributed by atoms with E-state index in [4.69, 9.17) is 0 Å². The average molecular weight is 516 g/mol. The first-order valence-electron chi connectivity index (χ1n) is 11.6. The van der Waals surface area contributed by atoms with Gasteiger partial charge in [-0.1, -0.05) is 72.8 Å². The quantitative estimate of drug-likeness (QED) is 0.240. The van der Waals surface area contributed by atoms with Crippen LogP contribution in [0.25, 0.3) is 0 Å². The van der Waals surface area contributed by atoms with Crippen LogP contribution in [0.5, 0.6) is 0 Å². The summed E-state index contributed by atoms with van der Waals surface area (Å²) in [6, 6.07) is 30.2. The van der Waals surface area contributed by atoms with Crippen molar-refractivity contribution in [3.63, 3.8) is 0 Å². The van der Waals surface area contributed by atoms with E-state index in [9.17, 15) is 17.6 Å². The number of hydrazone groups is 1. The normalized spacial score (nSPS) is 11.9. The number of hydrogen-bond donors (Lipinski definition) is 1. The number of amides is 1. The van der Waals surface area contributed by atoms with Gasteiger partial charge < -0.3 is 0 Å². The zero-order valence-corrected chi connectivity index (χ0v) is 21.0. The Morgan fingerprint density at radius 1 is 0.757 bits per heavy atom. The van der Waals surface area contributed by atoms with Crippen molar-refractivity contribution >= 4 is 21.6 Å². The van der Waals surface area contributed by atoms with Gasteiger partial charge in [-0.25, -0.2) is 18.2 Å². The molecule has 0 fully saturated rings. The fourth-order valence-electron chi connectivity index (χ4n) is 3.67. The molecule has 8 heteroatoms. The van der Waals surface area contributed by atoms with Crippen LogP contribution >= 0.6 is 0 Å². The standard InChI is InChI=1S/C29H26FN3O3S/c1-22(25-16-18-27(30)19-17-25)31-32-29(34)26-14-12-24(13-15-26)21-33(20-23-8-4-2-5-9-23)37(35,36)28-10-6-3-7-11-28/h2-19H,20-21H2,1H3,(H,32,34)/b31-22-. The molecule has 0 unspecified atom stereocenters. The molecule has 0 saturated heterocycles. The van der Waals surface area contributed by atoms with Crippen LogP contribution < -0.4 is 5.43 Å². The Bertz CT molecular complexity index is 1470. The second kappa shape index (κ2) is 11.7. The van der Waals surface area contributed by atoms with E-state index in [0.29, 0.717) is 16.8 Å². The molecule has 37 heavy (non-hydrogen) atoms. The Morgan fingerprint density at radius 3 is 1.86 bits per heavy atom. The number of carbonyl (C=O) groups is 1. The molecular weight excluding hydrogens is 489 g/mol. The number of hydrogen-bond acceptors (Lipinski definition) is 4. The van der Waals surface area contributed by atoms with E-state index in [1.807, 2.05) is 30.3 Å². The molecule has 0 spiro atoms. The van der Waals surface area contributed by atoms with Crippen molar-refractivity contribution in [1.82, 2.24) is 9.73 Å². The van der Waals surface area contributed by atoms with E-state index in [2.05, 4.69) is 10.5 Å². The largest absolute Gasteiger partial charge is 0.271 e. The number of sulfonamides is 1. The lowest BCUT2D eigenvalue weighted by molar-refractivity contribution is 0.0954. The topological polar surface area (TPSA) is 78.8 Å². The molecule has 4 rings (SSSR count). The molecule has 6 nitrogen and oxygen atoms in total. The summed E-state index contributed by atoms with van der Waals surface area (Å²) in [5.74, 6) is -0.759. The van der Waals surface area contributed by atoms with E-state index in [1.54, 1.807) is 73.7 Å². The van der Waals surface area contributed by atoms with Gasteiger partial charge in [0.25, 0.3) is 5.91 Å². The van der Waals surface area contributed by atoms with E-state index in [-0.39, 0.29) is 23.8 Å². The number of halogens is 1. The van der Waals surface area contributed by atoms with Gasteiger partial charge in [0, 0.05) is 18.7 Å². The van der Waals surface area contributed by atoms with Gasteiger partial charge >= 0.3 is 0 Å². The molecule has 188 valence electrons. The van der Waals surface area contributed by atoms with Crippen LogP contribution in [-0.2, 0) is 23.1 Å². The Morgan fingerprint density at radius 2 is 1.27 bits per heavy atom. The maximum Gasteiger partial charge on any atom is 0.271 e. The number of rotatable bonds is 9. The first-order chi connectivity index (χ1) is 17.8. The zero-order valence-electron chi connectivity index (χ0n) is 20.2. The number of carbonyl (C=O) groups excluding carboxylic acids is 1. The van der Waals surface area contributed by atoms with Gasteiger partial charge in [0.2, 0.25) is 10.0 Å². The fraction of sp³-hybridized carbons (Fsp3) is 0.103. The second-order valence-electron chi connectivity index (χ2n) is 8.41. The highest BCUT2D eigenvalue weighted by Crippen LogP contribution is 2.21. The van der Waals surface area contributed by atoms with E-state index < -0.39 is 15.9 Å². The van der Waals surface area contributed by atoms with Crippen LogP contribution in [0, 0.1) is 5.82 Å². The highest BCUT2D eigenvalue weighted by atomic mass is 32.2. The molecule has 0 heterocycles. The maximum absolute atomic E-state index is 13.4. The average Bonchev–Trinajstić information content (AvgIpc) is 2.93. The number of nitrogens with zero attached hydrogens (tertiary/aromatic N) is 2. The van der Waals surface area contributed by atoms with Crippen molar-refractivity contribution < 1.29 is 17.6 Å². The van der Waals surface area contributed by atoms with Crippen molar-refractivity contribution in [2.75, 3.05) is 0 Å². The molecule has 0 atom stereocenters.